The summed E-state index contributed by atoms with van der Waals surface area (Å²) in [6.07, 6.45) is 8.25. The molecule has 0 radical (unpaired) electrons. The fourth-order valence-corrected chi connectivity index (χ4v) is 3.23. The standard InChI is InChI=1S/C23H24FN7O2/c1-23(2,3)30-14-16(12-28-30)31(22(25)32)21-10-17(5-6-19(21)24)33-18-7-8-26-20(9-18)15-11-27-29(4)13-15/h5-14H,1-4H3,(H2,25,32). The lowest BCUT2D eigenvalue weighted by Gasteiger charge is -2.21. The highest BCUT2D eigenvalue weighted by Gasteiger charge is 2.23. The van der Waals surface area contributed by atoms with Gasteiger partial charge < -0.3 is 10.5 Å². The number of aromatic nitrogens is 5. The Morgan fingerprint density at radius 2 is 1.85 bits per heavy atom. The molecule has 0 bridgehead atoms. The van der Waals surface area contributed by atoms with Crippen LogP contribution in [0.15, 0.2) is 61.3 Å². The number of carbonyl (C=O) groups excluding carboxylic acids is 1. The molecule has 4 rings (SSSR count). The van der Waals surface area contributed by atoms with E-state index in [2.05, 4.69) is 15.2 Å². The first-order valence-corrected chi connectivity index (χ1v) is 10.2. The van der Waals surface area contributed by atoms with E-state index in [0.29, 0.717) is 22.9 Å². The van der Waals surface area contributed by atoms with E-state index < -0.39 is 11.8 Å². The van der Waals surface area contributed by atoms with Gasteiger partial charge in [0.25, 0.3) is 0 Å². The van der Waals surface area contributed by atoms with Gasteiger partial charge in [-0.3, -0.25) is 19.2 Å². The van der Waals surface area contributed by atoms with Crippen molar-refractivity contribution in [1.29, 1.82) is 0 Å². The molecule has 0 fully saturated rings. The number of benzene rings is 1. The molecule has 3 heterocycles. The van der Waals surface area contributed by atoms with Crippen molar-refractivity contribution in [2.24, 2.45) is 12.8 Å². The van der Waals surface area contributed by atoms with Crippen LogP contribution in [-0.4, -0.2) is 30.6 Å². The highest BCUT2D eigenvalue weighted by molar-refractivity contribution is 5.98. The number of nitrogens with two attached hydrogens (primary N) is 1. The van der Waals surface area contributed by atoms with E-state index >= 15 is 0 Å². The zero-order valence-electron chi connectivity index (χ0n) is 18.7. The van der Waals surface area contributed by atoms with Crippen molar-refractivity contribution in [2.75, 3.05) is 4.90 Å². The number of rotatable bonds is 5. The van der Waals surface area contributed by atoms with Gasteiger partial charge in [0.15, 0.2) is 0 Å². The number of primary amides is 1. The molecule has 0 unspecified atom stereocenters. The average molecular weight is 449 g/mol. The van der Waals surface area contributed by atoms with Crippen molar-refractivity contribution < 1.29 is 13.9 Å². The van der Waals surface area contributed by atoms with Gasteiger partial charge in [-0.05, 0) is 39.0 Å². The van der Waals surface area contributed by atoms with Gasteiger partial charge in [-0.15, -0.1) is 0 Å². The van der Waals surface area contributed by atoms with Crippen LogP contribution in [0, 0.1) is 5.82 Å². The summed E-state index contributed by atoms with van der Waals surface area (Å²) in [6, 6.07) is 6.70. The van der Waals surface area contributed by atoms with Crippen molar-refractivity contribution >= 4 is 17.4 Å². The second kappa shape index (κ2) is 8.38. The third-order valence-corrected chi connectivity index (χ3v) is 4.86. The Kier molecular flexibility index (Phi) is 5.59. The molecule has 9 nitrogen and oxygen atoms in total. The van der Waals surface area contributed by atoms with Crippen LogP contribution in [-0.2, 0) is 12.6 Å². The lowest BCUT2D eigenvalue weighted by Crippen LogP contribution is -2.32. The van der Waals surface area contributed by atoms with Crippen molar-refractivity contribution in [1.82, 2.24) is 24.5 Å². The number of nitrogens with zero attached hydrogens (tertiary/aromatic N) is 6. The zero-order valence-corrected chi connectivity index (χ0v) is 18.7. The van der Waals surface area contributed by atoms with E-state index in [1.165, 1.54) is 24.4 Å². The first-order chi connectivity index (χ1) is 15.6. The van der Waals surface area contributed by atoms with Crippen LogP contribution < -0.4 is 15.4 Å². The molecule has 0 saturated carbocycles. The molecular weight excluding hydrogens is 425 g/mol. The molecule has 0 spiro atoms. The molecule has 0 aliphatic rings. The van der Waals surface area contributed by atoms with Crippen LogP contribution in [0.25, 0.3) is 11.3 Å². The normalized spacial score (nSPS) is 11.4. The Bertz CT molecular complexity index is 1310. The predicted octanol–water partition coefficient (Wildman–Crippen LogP) is 4.58. The third kappa shape index (κ3) is 4.69. The lowest BCUT2D eigenvalue weighted by atomic mass is 10.1. The molecule has 0 atom stereocenters. The van der Waals surface area contributed by atoms with Gasteiger partial charge in [0, 0.05) is 43.3 Å². The van der Waals surface area contributed by atoms with Gasteiger partial charge in [0.05, 0.1) is 35.0 Å². The van der Waals surface area contributed by atoms with E-state index in [1.807, 2.05) is 34.0 Å². The van der Waals surface area contributed by atoms with E-state index in [1.54, 1.807) is 40.1 Å². The molecule has 0 saturated heterocycles. The minimum atomic E-state index is -0.845. The minimum absolute atomic E-state index is 0.0463. The predicted molar refractivity (Wildman–Crippen MR) is 122 cm³/mol. The molecule has 0 aliphatic carbocycles. The van der Waals surface area contributed by atoms with Crippen molar-refractivity contribution in [3.63, 3.8) is 0 Å². The maximum absolute atomic E-state index is 14.8. The molecule has 4 aromatic rings. The van der Waals surface area contributed by atoms with Crippen LogP contribution in [0.5, 0.6) is 11.5 Å². The molecule has 10 heteroatoms. The summed E-state index contributed by atoms with van der Waals surface area (Å²) in [5, 5.41) is 8.42. The number of urea groups is 1. The van der Waals surface area contributed by atoms with Gasteiger partial charge in [-0.25, -0.2) is 9.18 Å². The maximum Gasteiger partial charge on any atom is 0.324 e. The third-order valence-electron chi connectivity index (χ3n) is 4.86. The second-order valence-corrected chi connectivity index (χ2v) is 8.48. The summed E-state index contributed by atoms with van der Waals surface area (Å²) in [5.41, 5.74) is 7.09. The topological polar surface area (TPSA) is 104 Å². The molecule has 3 aromatic heterocycles. The summed E-state index contributed by atoms with van der Waals surface area (Å²) in [6.45, 7) is 5.88. The number of ether oxygens (including phenoxy) is 1. The Balaban J connectivity index is 1.66. The fourth-order valence-electron chi connectivity index (χ4n) is 3.23. The van der Waals surface area contributed by atoms with Gasteiger partial charge in [-0.1, -0.05) is 0 Å². The van der Waals surface area contributed by atoms with Crippen LogP contribution in [0.4, 0.5) is 20.6 Å². The molecule has 1 aromatic carbocycles. The van der Waals surface area contributed by atoms with E-state index in [0.717, 1.165) is 10.5 Å². The zero-order chi connectivity index (χ0) is 23.8. The quantitative estimate of drug-likeness (QED) is 0.480. The fraction of sp³-hybridized carbons (Fsp3) is 0.217. The monoisotopic (exact) mass is 449 g/mol. The van der Waals surface area contributed by atoms with E-state index in [4.69, 9.17) is 10.5 Å². The highest BCUT2D eigenvalue weighted by Crippen LogP contribution is 2.34. The van der Waals surface area contributed by atoms with Crippen LogP contribution in [0.2, 0.25) is 0 Å². The molecular formula is C23H24FN7O2. The molecule has 2 amide bonds. The Morgan fingerprint density at radius 1 is 1.09 bits per heavy atom. The van der Waals surface area contributed by atoms with Gasteiger partial charge in [0.1, 0.15) is 17.3 Å². The number of halogens is 1. The maximum atomic E-state index is 14.8. The number of pyridine rings is 1. The Labute approximate surface area is 190 Å². The average Bonchev–Trinajstić information content (AvgIpc) is 3.40. The number of amides is 2. The van der Waals surface area contributed by atoms with Crippen LogP contribution >= 0.6 is 0 Å². The van der Waals surface area contributed by atoms with Crippen molar-refractivity contribution in [2.45, 2.75) is 26.3 Å². The van der Waals surface area contributed by atoms with Gasteiger partial charge >= 0.3 is 6.03 Å². The first-order valence-electron chi connectivity index (χ1n) is 10.2. The Hall–Kier alpha value is -4.21. The van der Waals surface area contributed by atoms with Crippen LogP contribution in [0.3, 0.4) is 0 Å². The van der Waals surface area contributed by atoms with Crippen molar-refractivity contribution in [3.05, 3.63) is 67.1 Å². The summed E-state index contributed by atoms with van der Waals surface area (Å²) < 4.78 is 24.1. The van der Waals surface area contributed by atoms with E-state index in [9.17, 15) is 9.18 Å². The smallest absolute Gasteiger partial charge is 0.324 e. The minimum Gasteiger partial charge on any atom is -0.457 e. The number of hydrogen-bond donors (Lipinski definition) is 1. The van der Waals surface area contributed by atoms with E-state index in [-0.39, 0.29) is 11.2 Å². The highest BCUT2D eigenvalue weighted by atomic mass is 19.1. The summed E-state index contributed by atoms with van der Waals surface area (Å²) in [5.74, 6) is 0.187. The molecule has 170 valence electrons. The summed E-state index contributed by atoms with van der Waals surface area (Å²) in [4.78, 5) is 17.7. The SMILES string of the molecule is Cn1cc(-c2cc(Oc3ccc(F)c(N(C(N)=O)c4cnn(C(C)(C)C)c4)c3)ccn2)cn1. The lowest BCUT2D eigenvalue weighted by molar-refractivity contribution is 0.256. The Morgan fingerprint density at radius 3 is 2.48 bits per heavy atom. The number of carbonyl (C=O) groups is 1. The second-order valence-electron chi connectivity index (χ2n) is 8.48. The summed E-state index contributed by atoms with van der Waals surface area (Å²) in [7, 11) is 1.82. The number of anilines is 2. The first kappa shape index (κ1) is 22.0. The molecule has 2 N–H and O–H groups in total. The number of aryl methyl sites for hydroxylation is 1. The van der Waals surface area contributed by atoms with Crippen molar-refractivity contribution in [3.8, 4) is 22.8 Å². The molecule has 0 aliphatic heterocycles. The largest absolute Gasteiger partial charge is 0.457 e. The van der Waals surface area contributed by atoms with Gasteiger partial charge in [0.2, 0.25) is 0 Å². The van der Waals surface area contributed by atoms with Gasteiger partial charge in [-0.2, -0.15) is 10.2 Å². The van der Waals surface area contributed by atoms with Crippen LogP contribution in [0.1, 0.15) is 20.8 Å². The summed E-state index contributed by atoms with van der Waals surface area (Å²) >= 11 is 0. The number of hydrogen-bond acceptors (Lipinski definition) is 5. The molecule has 33 heavy (non-hydrogen) atoms.